The summed E-state index contributed by atoms with van der Waals surface area (Å²) in [5, 5.41) is 3.00. The number of aromatic nitrogens is 1. The van der Waals surface area contributed by atoms with E-state index in [4.69, 9.17) is 16.3 Å². The molecule has 13 heavy (non-hydrogen) atoms. The van der Waals surface area contributed by atoms with Gasteiger partial charge in [-0.1, -0.05) is 11.6 Å². The van der Waals surface area contributed by atoms with Gasteiger partial charge in [-0.3, -0.25) is 4.79 Å². The molecule has 1 aliphatic heterocycles. The minimum Gasteiger partial charge on any atom is -0.463 e. The summed E-state index contributed by atoms with van der Waals surface area (Å²) in [5.41, 5.74) is 0.563. The minimum atomic E-state index is -0.515. The predicted octanol–water partition coefficient (Wildman–Crippen LogP) is 1.45. The number of rotatable bonds is 0. The van der Waals surface area contributed by atoms with E-state index in [1.54, 1.807) is 19.1 Å². The molecule has 2 rings (SSSR count). The van der Waals surface area contributed by atoms with Crippen LogP contribution in [-0.2, 0) is 4.79 Å². The fourth-order valence-electron chi connectivity index (χ4n) is 1.06. The van der Waals surface area contributed by atoms with Crippen molar-refractivity contribution in [2.45, 2.75) is 13.0 Å². The monoisotopic (exact) mass is 198 g/mol. The third-order valence-corrected chi connectivity index (χ3v) is 1.95. The second-order valence-corrected chi connectivity index (χ2v) is 3.12. The van der Waals surface area contributed by atoms with Crippen LogP contribution in [0, 0.1) is 0 Å². The second-order valence-electron chi connectivity index (χ2n) is 2.74. The third-order valence-electron chi connectivity index (χ3n) is 1.74. The summed E-state index contributed by atoms with van der Waals surface area (Å²) in [7, 11) is 0. The number of fused-ring (bicyclic) bond motifs is 1. The number of nitrogens with one attached hydrogen (secondary N) is 1. The van der Waals surface area contributed by atoms with Crippen molar-refractivity contribution >= 4 is 23.2 Å². The molecule has 1 amide bonds. The van der Waals surface area contributed by atoms with Gasteiger partial charge in [0.05, 0.1) is 0 Å². The van der Waals surface area contributed by atoms with Crippen LogP contribution >= 0.6 is 11.6 Å². The Kier molecular flexibility index (Phi) is 1.84. The maximum atomic E-state index is 11.1. The summed E-state index contributed by atoms with van der Waals surface area (Å²) in [6.07, 6.45) is -0.515. The number of ether oxygens (including phenoxy) is 1. The van der Waals surface area contributed by atoms with Gasteiger partial charge in [0.1, 0.15) is 10.8 Å². The molecule has 1 aromatic rings. The van der Waals surface area contributed by atoms with Gasteiger partial charge >= 0.3 is 0 Å². The molecule has 4 nitrogen and oxygen atoms in total. The van der Waals surface area contributed by atoms with Gasteiger partial charge in [-0.15, -0.1) is 0 Å². The molecule has 0 saturated carbocycles. The average Bonchev–Trinajstić information content (AvgIpc) is 2.08. The van der Waals surface area contributed by atoms with Crippen LogP contribution in [0.4, 0.5) is 5.69 Å². The van der Waals surface area contributed by atoms with Crippen molar-refractivity contribution in [3.05, 3.63) is 17.3 Å². The third kappa shape index (κ3) is 1.45. The molecule has 0 bridgehead atoms. The molecule has 0 aromatic carbocycles. The molecule has 0 spiro atoms. The molecule has 5 heteroatoms. The summed E-state index contributed by atoms with van der Waals surface area (Å²) in [6, 6.07) is 3.26. The maximum absolute atomic E-state index is 11.1. The Bertz CT molecular complexity index is 367. The smallest absolute Gasteiger partial charge is 0.265 e. The van der Waals surface area contributed by atoms with E-state index in [1.165, 1.54) is 0 Å². The van der Waals surface area contributed by atoms with Gasteiger partial charge in [0.25, 0.3) is 5.91 Å². The van der Waals surface area contributed by atoms with Crippen LogP contribution in [0.5, 0.6) is 5.88 Å². The molecule has 0 saturated heterocycles. The van der Waals surface area contributed by atoms with Gasteiger partial charge in [0.2, 0.25) is 5.88 Å². The standard InChI is InChI=1S/C8H7ClN2O2/c1-4-7(12)10-5-2-3-6(9)11-8(5)13-4/h2-4H,1H3,(H,10,12)/t4-/m1/s1. The summed E-state index contributed by atoms with van der Waals surface area (Å²) >= 11 is 5.66. The van der Waals surface area contributed by atoms with Crippen molar-refractivity contribution in [1.29, 1.82) is 0 Å². The summed E-state index contributed by atoms with van der Waals surface area (Å²) in [6.45, 7) is 1.65. The van der Waals surface area contributed by atoms with Crippen LogP contribution in [0.1, 0.15) is 6.92 Å². The minimum absolute atomic E-state index is 0.170. The Balaban J connectivity index is 2.42. The van der Waals surface area contributed by atoms with Crippen LogP contribution in [0.2, 0.25) is 5.15 Å². The van der Waals surface area contributed by atoms with Gasteiger partial charge in [-0.05, 0) is 19.1 Å². The van der Waals surface area contributed by atoms with Crippen molar-refractivity contribution in [3.8, 4) is 5.88 Å². The topological polar surface area (TPSA) is 51.2 Å². The molecule has 0 aliphatic carbocycles. The Labute approximate surface area is 79.9 Å². The van der Waals surface area contributed by atoms with E-state index in [0.29, 0.717) is 16.7 Å². The highest BCUT2D eigenvalue weighted by Crippen LogP contribution is 2.28. The van der Waals surface area contributed by atoms with E-state index < -0.39 is 6.10 Å². The van der Waals surface area contributed by atoms with Gasteiger partial charge < -0.3 is 10.1 Å². The van der Waals surface area contributed by atoms with Gasteiger partial charge in [-0.2, -0.15) is 4.98 Å². The number of pyridine rings is 1. The van der Waals surface area contributed by atoms with Gasteiger partial charge in [0, 0.05) is 0 Å². The number of hydrogen-bond acceptors (Lipinski definition) is 3. The van der Waals surface area contributed by atoms with Crippen LogP contribution in [0.25, 0.3) is 0 Å². The van der Waals surface area contributed by atoms with E-state index in [2.05, 4.69) is 10.3 Å². The number of carbonyl (C=O) groups excluding carboxylic acids is 1. The maximum Gasteiger partial charge on any atom is 0.265 e. The van der Waals surface area contributed by atoms with Crippen molar-refractivity contribution in [2.24, 2.45) is 0 Å². The van der Waals surface area contributed by atoms with Crippen molar-refractivity contribution in [3.63, 3.8) is 0 Å². The number of halogens is 1. The molecule has 1 atom stereocenters. The number of nitrogens with zero attached hydrogens (tertiary/aromatic N) is 1. The van der Waals surface area contributed by atoms with Crippen LogP contribution < -0.4 is 10.1 Å². The SMILES string of the molecule is C[C@H]1Oc2nc(Cl)ccc2NC1=O. The molecule has 0 radical (unpaired) electrons. The summed E-state index contributed by atoms with van der Waals surface area (Å²) in [5.74, 6) is 0.205. The Hall–Kier alpha value is -1.29. The fraction of sp³-hybridized carbons (Fsp3) is 0.250. The number of carbonyl (C=O) groups is 1. The van der Waals surface area contributed by atoms with Crippen LogP contribution in [0.15, 0.2) is 12.1 Å². The normalized spacial score (nSPS) is 20.2. The highest BCUT2D eigenvalue weighted by Gasteiger charge is 2.24. The lowest BCUT2D eigenvalue weighted by molar-refractivity contribution is -0.122. The molecule has 1 aliphatic rings. The lowest BCUT2D eigenvalue weighted by Crippen LogP contribution is -2.34. The highest BCUT2D eigenvalue weighted by molar-refractivity contribution is 6.29. The molecular weight excluding hydrogens is 192 g/mol. The second kappa shape index (κ2) is 2.88. The molecule has 1 N–H and O–H groups in total. The lowest BCUT2D eigenvalue weighted by Gasteiger charge is -2.21. The fourth-order valence-corrected chi connectivity index (χ4v) is 1.20. The van der Waals surface area contributed by atoms with Gasteiger partial charge in [0.15, 0.2) is 6.10 Å². The quantitative estimate of drug-likeness (QED) is 0.642. The Morgan fingerprint density at radius 3 is 3.15 bits per heavy atom. The van der Waals surface area contributed by atoms with Crippen LogP contribution in [-0.4, -0.2) is 17.0 Å². The summed E-state index contributed by atoms with van der Waals surface area (Å²) < 4.78 is 5.22. The highest BCUT2D eigenvalue weighted by atomic mass is 35.5. The average molecular weight is 199 g/mol. The molecular formula is C8H7ClN2O2. The molecule has 68 valence electrons. The first-order chi connectivity index (χ1) is 6.16. The summed E-state index contributed by atoms with van der Waals surface area (Å²) in [4.78, 5) is 15.1. The van der Waals surface area contributed by atoms with Crippen molar-refractivity contribution in [2.75, 3.05) is 5.32 Å². The van der Waals surface area contributed by atoms with Crippen molar-refractivity contribution < 1.29 is 9.53 Å². The van der Waals surface area contributed by atoms with Crippen LogP contribution in [0.3, 0.4) is 0 Å². The molecule has 2 heterocycles. The number of hydrogen-bond donors (Lipinski definition) is 1. The number of amides is 1. The number of anilines is 1. The van der Waals surface area contributed by atoms with E-state index in [-0.39, 0.29) is 5.91 Å². The first-order valence-corrected chi connectivity index (χ1v) is 4.18. The zero-order valence-electron chi connectivity index (χ0n) is 6.87. The van der Waals surface area contributed by atoms with Gasteiger partial charge in [-0.25, -0.2) is 0 Å². The van der Waals surface area contributed by atoms with E-state index in [1.807, 2.05) is 0 Å². The first kappa shape index (κ1) is 8.31. The Morgan fingerprint density at radius 2 is 2.38 bits per heavy atom. The van der Waals surface area contributed by atoms with E-state index >= 15 is 0 Å². The van der Waals surface area contributed by atoms with E-state index in [0.717, 1.165) is 0 Å². The lowest BCUT2D eigenvalue weighted by atomic mass is 10.3. The zero-order chi connectivity index (χ0) is 9.42. The molecule has 1 aromatic heterocycles. The zero-order valence-corrected chi connectivity index (χ0v) is 7.63. The largest absolute Gasteiger partial charge is 0.463 e. The molecule has 0 unspecified atom stereocenters. The van der Waals surface area contributed by atoms with Crippen molar-refractivity contribution in [1.82, 2.24) is 4.98 Å². The Morgan fingerprint density at radius 1 is 1.62 bits per heavy atom. The molecule has 0 fully saturated rings. The predicted molar refractivity (Wildman–Crippen MR) is 48.0 cm³/mol. The van der Waals surface area contributed by atoms with E-state index in [9.17, 15) is 4.79 Å². The first-order valence-electron chi connectivity index (χ1n) is 3.81.